The molecule has 0 saturated carbocycles. The largest absolute Gasteiger partial charge is 0.303 e. The van der Waals surface area contributed by atoms with Gasteiger partial charge in [0, 0.05) is 25.2 Å². The van der Waals surface area contributed by atoms with Gasteiger partial charge in [-0.05, 0) is 69.0 Å². The second kappa shape index (κ2) is 6.82. The molecule has 1 aromatic carbocycles. The number of benzene rings is 1. The van der Waals surface area contributed by atoms with Crippen LogP contribution in [0.15, 0.2) is 23.7 Å². The molecule has 0 aliphatic carbocycles. The van der Waals surface area contributed by atoms with Crippen LogP contribution in [-0.4, -0.2) is 41.0 Å². The Labute approximate surface area is 155 Å². The fourth-order valence-corrected chi connectivity index (χ4v) is 5.57. The zero-order chi connectivity index (χ0) is 17.6. The number of thiazole rings is 1. The fourth-order valence-electron chi connectivity index (χ4n) is 4.77. The van der Waals surface area contributed by atoms with E-state index in [2.05, 4.69) is 60.8 Å². The van der Waals surface area contributed by atoms with Gasteiger partial charge in [-0.25, -0.2) is 4.98 Å². The van der Waals surface area contributed by atoms with Crippen LogP contribution in [0, 0.1) is 12.8 Å². The summed E-state index contributed by atoms with van der Waals surface area (Å²) in [6.45, 7) is 10.5. The van der Waals surface area contributed by atoms with E-state index in [0.717, 1.165) is 24.2 Å². The first-order valence-corrected chi connectivity index (χ1v) is 10.4. The van der Waals surface area contributed by atoms with E-state index in [1.807, 2.05) is 5.51 Å². The fraction of sp³-hybridized carbons (Fsp3) is 0.571. The van der Waals surface area contributed by atoms with Crippen molar-refractivity contribution in [3.05, 3.63) is 40.5 Å². The van der Waals surface area contributed by atoms with E-state index in [1.165, 1.54) is 47.5 Å². The van der Waals surface area contributed by atoms with Gasteiger partial charge in [0.25, 0.3) is 0 Å². The summed E-state index contributed by atoms with van der Waals surface area (Å²) in [5.74, 6) is 0.729. The Kier molecular flexibility index (Phi) is 4.69. The second-order valence-corrected chi connectivity index (χ2v) is 8.81. The first-order chi connectivity index (χ1) is 12.0. The maximum atomic E-state index is 4.41. The SMILES string of the molecule is Cc1ncsc1-c1ccc2c(c1)C(C)N(CC(C)C1CCCN1C)C2. The highest BCUT2D eigenvalue weighted by atomic mass is 32.1. The molecule has 1 aromatic heterocycles. The molecule has 3 unspecified atom stereocenters. The van der Waals surface area contributed by atoms with Crippen molar-refractivity contribution in [1.82, 2.24) is 14.8 Å². The van der Waals surface area contributed by atoms with Crippen molar-refractivity contribution in [3.8, 4) is 10.4 Å². The topological polar surface area (TPSA) is 19.4 Å². The maximum absolute atomic E-state index is 4.41. The molecule has 0 spiro atoms. The van der Waals surface area contributed by atoms with Gasteiger partial charge in [-0.1, -0.05) is 19.1 Å². The van der Waals surface area contributed by atoms with Gasteiger partial charge in [-0.2, -0.15) is 0 Å². The van der Waals surface area contributed by atoms with Crippen molar-refractivity contribution in [1.29, 1.82) is 0 Å². The predicted octanol–water partition coefficient (Wildman–Crippen LogP) is 4.73. The molecule has 2 aromatic rings. The lowest BCUT2D eigenvalue weighted by atomic mass is 9.98. The number of likely N-dealkylation sites (tertiary alicyclic amines) is 1. The van der Waals surface area contributed by atoms with Crippen LogP contribution in [0.5, 0.6) is 0 Å². The summed E-state index contributed by atoms with van der Waals surface area (Å²) < 4.78 is 0. The lowest BCUT2D eigenvalue weighted by Gasteiger charge is -2.31. The number of rotatable bonds is 4. The third kappa shape index (κ3) is 3.16. The molecule has 1 saturated heterocycles. The van der Waals surface area contributed by atoms with E-state index in [0.29, 0.717) is 6.04 Å². The molecule has 4 rings (SSSR count). The van der Waals surface area contributed by atoms with Crippen molar-refractivity contribution in [2.45, 2.75) is 52.2 Å². The van der Waals surface area contributed by atoms with Crippen LogP contribution < -0.4 is 0 Å². The summed E-state index contributed by atoms with van der Waals surface area (Å²) in [6.07, 6.45) is 2.72. The number of fused-ring (bicyclic) bond motifs is 1. The monoisotopic (exact) mass is 355 g/mol. The van der Waals surface area contributed by atoms with Crippen LogP contribution in [-0.2, 0) is 6.54 Å². The van der Waals surface area contributed by atoms with Gasteiger partial charge < -0.3 is 4.90 Å². The van der Waals surface area contributed by atoms with E-state index in [9.17, 15) is 0 Å². The van der Waals surface area contributed by atoms with Gasteiger partial charge in [0.15, 0.2) is 0 Å². The molecule has 2 aliphatic heterocycles. The molecule has 134 valence electrons. The molecule has 2 aliphatic rings. The highest BCUT2D eigenvalue weighted by Gasteiger charge is 2.32. The normalized spacial score (nSPS) is 25.4. The number of hydrogen-bond donors (Lipinski definition) is 0. The highest BCUT2D eigenvalue weighted by molar-refractivity contribution is 7.13. The van der Waals surface area contributed by atoms with Crippen molar-refractivity contribution in [2.75, 3.05) is 20.1 Å². The summed E-state index contributed by atoms with van der Waals surface area (Å²) in [4.78, 5) is 11.0. The van der Waals surface area contributed by atoms with Gasteiger partial charge in [0.05, 0.1) is 16.1 Å². The number of aromatic nitrogens is 1. The summed E-state index contributed by atoms with van der Waals surface area (Å²) >= 11 is 1.75. The van der Waals surface area contributed by atoms with Crippen LogP contribution >= 0.6 is 11.3 Å². The molecule has 25 heavy (non-hydrogen) atoms. The summed E-state index contributed by atoms with van der Waals surface area (Å²) in [7, 11) is 2.29. The van der Waals surface area contributed by atoms with Gasteiger partial charge in [0.1, 0.15) is 0 Å². The van der Waals surface area contributed by atoms with E-state index in [-0.39, 0.29) is 0 Å². The molecular formula is C21H29N3S. The smallest absolute Gasteiger partial charge is 0.0801 e. The molecule has 3 nitrogen and oxygen atoms in total. The standard InChI is InChI=1S/C21H29N3S/c1-14(20-6-5-9-23(20)4)11-24-12-18-8-7-17(10-19(18)16(24)3)21-15(2)22-13-25-21/h7-8,10,13-14,16,20H,5-6,9,11-12H2,1-4H3. The Morgan fingerprint density at radius 2 is 2.20 bits per heavy atom. The first-order valence-electron chi connectivity index (χ1n) is 9.52. The lowest BCUT2D eigenvalue weighted by molar-refractivity contribution is 0.146. The van der Waals surface area contributed by atoms with Gasteiger partial charge in [-0.15, -0.1) is 11.3 Å². The number of hydrogen-bond acceptors (Lipinski definition) is 4. The quantitative estimate of drug-likeness (QED) is 0.791. The Morgan fingerprint density at radius 1 is 1.36 bits per heavy atom. The van der Waals surface area contributed by atoms with E-state index < -0.39 is 0 Å². The number of aryl methyl sites for hydroxylation is 1. The average Bonchev–Trinajstić information content (AvgIpc) is 3.28. The van der Waals surface area contributed by atoms with Crippen LogP contribution in [0.2, 0.25) is 0 Å². The number of nitrogens with zero attached hydrogens (tertiary/aromatic N) is 3. The third-order valence-electron chi connectivity index (χ3n) is 6.28. The summed E-state index contributed by atoms with van der Waals surface area (Å²) in [5, 5.41) is 0. The molecule has 0 amide bonds. The second-order valence-electron chi connectivity index (χ2n) is 7.95. The molecule has 0 N–H and O–H groups in total. The van der Waals surface area contributed by atoms with Gasteiger partial charge in [0.2, 0.25) is 0 Å². The Morgan fingerprint density at radius 3 is 2.88 bits per heavy atom. The molecule has 3 heterocycles. The Hall–Kier alpha value is -1.23. The summed E-state index contributed by atoms with van der Waals surface area (Å²) in [6, 6.07) is 8.30. The van der Waals surface area contributed by atoms with Crippen LogP contribution in [0.25, 0.3) is 10.4 Å². The molecule has 1 fully saturated rings. The third-order valence-corrected chi connectivity index (χ3v) is 7.26. The minimum absolute atomic E-state index is 0.511. The Balaban J connectivity index is 1.51. The highest BCUT2D eigenvalue weighted by Crippen LogP contribution is 2.38. The van der Waals surface area contributed by atoms with Gasteiger partial charge >= 0.3 is 0 Å². The molecule has 0 radical (unpaired) electrons. The van der Waals surface area contributed by atoms with Crippen molar-refractivity contribution in [2.24, 2.45) is 5.92 Å². The first kappa shape index (κ1) is 17.2. The summed E-state index contributed by atoms with van der Waals surface area (Å²) in [5.41, 5.74) is 7.44. The molecular weight excluding hydrogens is 326 g/mol. The zero-order valence-electron chi connectivity index (χ0n) is 15.8. The minimum atomic E-state index is 0.511. The Bertz CT molecular complexity index is 753. The van der Waals surface area contributed by atoms with Crippen LogP contribution in [0.4, 0.5) is 0 Å². The van der Waals surface area contributed by atoms with Crippen molar-refractivity contribution in [3.63, 3.8) is 0 Å². The van der Waals surface area contributed by atoms with Crippen molar-refractivity contribution >= 4 is 11.3 Å². The molecule has 3 atom stereocenters. The minimum Gasteiger partial charge on any atom is -0.303 e. The van der Waals surface area contributed by atoms with Gasteiger partial charge in [-0.3, -0.25) is 4.90 Å². The van der Waals surface area contributed by atoms with Crippen molar-refractivity contribution < 1.29 is 0 Å². The lowest BCUT2D eigenvalue weighted by Crippen LogP contribution is -2.37. The average molecular weight is 356 g/mol. The molecule has 0 bridgehead atoms. The zero-order valence-corrected chi connectivity index (χ0v) is 16.6. The molecule has 4 heteroatoms. The predicted molar refractivity (Wildman–Crippen MR) is 106 cm³/mol. The van der Waals surface area contributed by atoms with Crippen LogP contribution in [0.1, 0.15) is 49.6 Å². The maximum Gasteiger partial charge on any atom is 0.0801 e. The van der Waals surface area contributed by atoms with Crippen LogP contribution in [0.3, 0.4) is 0 Å². The van der Waals surface area contributed by atoms with E-state index >= 15 is 0 Å². The van der Waals surface area contributed by atoms with E-state index in [1.54, 1.807) is 11.3 Å². The van der Waals surface area contributed by atoms with E-state index in [4.69, 9.17) is 0 Å².